The van der Waals surface area contributed by atoms with Crippen molar-refractivity contribution in [3.05, 3.63) is 29.1 Å². The first-order chi connectivity index (χ1) is 6.24. The van der Waals surface area contributed by atoms with E-state index in [-0.39, 0.29) is 17.7 Å². The minimum atomic E-state index is -0.593. The zero-order valence-electron chi connectivity index (χ0n) is 7.17. The van der Waals surface area contributed by atoms with Gasteiger partial charge in [0, 0.05) is 12.1 Å². The van der Waals surface area contributed by atoms with Crippen LogP contribution in [0.3, 0.4) is 0 Å². The molecular weight excluding hydrogens is 171 g/mol. The van der Waals surface area contributed by atoms with Crippen LogP contribution in [-0.4, -0.2) is 7.11 Å². The van der Waals surface area contributed by atoms with Crippen LogP contribution in [0.1, 0.15) is 11.1 Å². The van der Waals surface area contributed by atoms with Crippen molar-refractivity contribution in [3.63, 3.8) is 0 Å². The van der Waals surface area contributed by atoms with Gasteiger partial charge in [0.2, 0.25) is 0 Å². The molecule has 0 aromatic heterocycles. The Balaban J connectivity index is 3.34. The maximum absolute atomic E-state index is 13.3. The van der Waals surface area contributed by atoms with Gasteiger partial charge in [0.05, 0.1) is 12.7 Å². The number of nitriles is 1. The predicted octanol–water partition coefficient (Wildman–Crippen LogP) is 1.16. The first-order valence-electron chi connectivity index (χ1n) is 3.70. The molecule has 1 aromatic rings. The zero-order valence-corrected chi connectivity index (χ0v) is 7.17. The number of methoxy groups -OCH3 is 1. The standard InChI is InChI=1S/C9H9FN2O/c1-13-8-3-2-6(4-11)9(10)7(8)5-12/h2-3H,5,12H2,1H3. The van der Waals surface area contributed by atoms with Crippen molar-refractivity contribution in [2.75, 3.05) is 7.11 Å². The van der Waals surface area contributed by atoms with E-state index in [0.717, 1.165) is 0 Å². The van der Waals surface area contributed by atoms with Crippen molar-refractivity contribution in [2.24, 2.45) is 5.73 Å². The van der Waals surface area contributed by atoms with Gasteiger partial charge in [-0.05, 0) is 12.1 Å². The number of nitrogens with two attached hydrogens (primary N) is 1. The summed E-state index contributed by atoms with van der Waals surface area (Å²) in [7, 11) is 1.43. The molecule has 68 valence electrons. The molecule has 0 fully saturated rings. The molecule has 13 heavy (non-hydrogen) atoms. The lowest BCUT2D eigenvalue weighted by Crippen LogP contribution is -2.04. The molecule has 0 aliphatic heterocycles. The number of hydrogen-bond acceptors (Lipinski definition) is 3. The average Bonchev–Trinajstić information content (AvgIpc) is 2.17. The molecule has 2 N–H and O–H groups in total. The largest absolute Gasteiger partial charge is 0.496 e. The summed E-state index contributed by atoms with van der Waals surface area (Å²) >= 11 is 0. The maximum Gasteiger partial charge on any atom is 0.149 e. The van der Waals surface area contributed by atoms with E-state index < -0.39 is 5.82 Å². The second-order valence-electron chi connectivity index (χ2n) is 2.42. The van der Waals surface area contributed by atoms with Crippen molar-refractivity contribution in [1.82, 2.24) is 0 Å². The van der Waals surface area contributed by atoms with Crippen molar-refractivity contribution < 1.29 is 9.13 Å². The smallest absolute Gasteiger partial charge is 0.149 e. The van der Waals surface area contributed by atoms with E-state index in [1.165, 1.54) is 19.2 Å². The Morgan fingerprint density at radius 1 is 1.62 bits per heavy atom. The first kappa shape index (κ1) is 9.49. The minimum absolute atomic E-state index is 0.0127. The van der Waals surface area contributed by atoms with Gasteiger partial charge < -0.3 is 10.5 Å². The first-order valence-corrected chi connectivity index (χ1v) is 3.70. The van der Waals surface area contributed by atoms with Crippen LogP contribution in [-0.2, 0) is 6.54 Å². The SMILES string of the molecule is COc1ccc(C#N)c(F)c1CN. The maximum atomic E-state index is 13.3. The summed E-state index contributed by atoms with van der Waals surface area (Å²) in [5.74, 6) is -0.219. The van der Waals surface area contributed by atoms with Gasteiger partial charge in [-0.25, -0.2) is 4.39 Å². The molecule has 3 nitrogen and oxygen atoms in total. The number of rotatable bonds is 2. The van der Waals surface area contributed by atoms with Gasteiger partial charge >= 0.3 is 0 Å². The number of hydrogen-bond donors (Lipinski definition) is 1. The zero-order chi connectivity index (χ0) is 9.84. The lowest BCUT2D eigenvalue weighted by molar-refractivity contribution is 0.404. The average molecular weight is 180 g/mol. The van der Waals surface area contributed by atoms with Gasteiger partial charge in [-0.1, -0.05) is 0 Å². The van der Waals surface area contributed by atoms with Crippen LogP contribution in [0, 0.1) is 17.1 Å². The normalized spacial score (nSPS) is 9.38. The number of ether oxygens (including phenoxy) is 1. The Morgan fingerprint density at radius 2 is 2.31 bits per heavy atom. The van der Waals surface area contributed by atoms with Crippen molar-refractivity contribution in [2.45, 2.75) is 6.54 Å². The number of benzene rings is 1. The number of nitrogens with zero attached hydrogens (tertiary/aromatic N) is 1. The second-order valence-corrected chi connectivity index (χ2v) is 2.42. The molecule has 0 spiro atoms. The van der Waals surface area contributed by atoms with Crippen LogP contribution in [0.25, 0.3) is 0 Å². The van der Waals surface area contributed by atoms with Gasteiger partial charge in [0.1, 0.15) is 17.6 Å². The lowest BCUT2D eigenvalue weighted by Gasteiger charge is -2.07. The molecule has 0 bridgehead atoms. The van der Waals surface area contributed by atoms with Crippen LogP contribution >= 0.6 is 0 Å². The van der Waals surface area contributed by atoms with E-state index in [1.54, 1.807) is 6.07 Å². The predicted molar refractivity (Wildman–Crippen MR) is 45.6 cm³/mol. The van der Waals surface area contributed by atoms with Gasteiger partial charge in [-0.3, -0.25) is 0 Å². The topological polar surface area (TPSA) is 59.0 Å². The highest BCUT2D eigenvalue weighted by Gasteiger charge is 2.11. The van der Waals surface area contributed by atoms with E-state index in [4.69, 9.17) is 15.7 Å². The molecule has 0 radical (unpaired) electrons. The summed E-state index contributed by atoms with van der Waals surface area (Å²) in [5, 5.41) is 8.53. The highest BCUT2D eigenvalue weighted by molar-refractivity contribution is 5.43. The molecule has 0 amide bonds. The highest BCUT2D eigenvalue weighted by Crippen LogP contribution is 2.23. The fourth-order valence-corrected chi connectivity index (χ4v) is 1.07. The molecule has 1 aromatic carbocycles. The summed E-state index contributed by atoms with van der Waals surface area (Å²) in [4.78, 5) is 0. The molecule has 0 atom stereocenters. The molecule has 0 heterocycles. The molecule has 0 aliphatic carbocycles. The monoisotopic (exact) mass is 180 g/mol. The van der Waals surface area contributed by atoms with Crippen molar-refractivity contribution in [3.8, 4) is 11.8 Å². The van der Waals surface area contributed by atoms with Crippen LogP contribution in [0.4, 0.5) is 4.39 Å². The lowest BCUT2D eigenvalue weighted by atomic mass is 10.1. The highest BCUT2D eigenvalue weighted by atomic mass is 19.1. The fraction of sp³-hybridized carbons (Fsp3) is 0.222. The Hall–Kier alpha value is -1.60. The summed E-state index contributed by atoms with van der Waals surface area (Å²) < 4.78 is 18.2. The fourth-order valence-electron chi connectivity index (χ4n) is 1.07. The molecule has 0 saturated carbocycles. The molecule has 0 unspecified atom stereocenters. The molecule has 1 rings (SSSR count). The van der Waals surface area contributed by atoms with E-state index in [1.807, 2.05) is 0 Å². The molecule has 0 aliphatic rings. The Kier molecular flexibility index (Phi) is 2.83. The van der Waals surface area contributed by atoms with Crippen LogP contribution in [0.5, 0.6) is 5.75 Å². The summed E-state index contributed by atoms with van der Waals surface area (Å²) in [6.07, 6.45) is 0. The quantitative estimate of drug-likeness (QED) is 0.743. The van der Waals surface area contributed by atoms with E-state index in [2.05, 4.69) is 0 Å². The third-order valence-corrected chi connectivity index (χ3v) is 1.74. The van der Waals surface area contributed by atoms with Gasteiger partial charge in [-0.2, -0.15) is 5.26 Å². The second kappa shape index (κ2) is 3.87. The summed E-state index contributed by atoms with van der Waals surface area (Å²) in [5.41, 5.74) is 5.55. The Morgan fingerprint density at radius 3 is 2.77 bits per heavy atom. The van der Waals surface area contributed by atoms with Crippen molar-refractivity contribution in [1.29, 1.82) is 5.26 Å². The van der Waals surface area contributed by atoms with E-state index in [9.17, 15) is 4.39 Å². The Bertz CT molecular complexity index is 357. The van der Waals surface area contributed by atoms with Crippen LogP contribution in [0.2, 0.25) is 0 Å². The van der Waals surface area contributed by atoms with Gasteiger partial charge in [0.15, 0.2) is 0 Å². The molecular formula is C9H9FN2O. The van der Waals surface area contributed by atoms with Crippen LogP contribution in [0.15, 0.2) is 12.1 Å². The third kappa shape index (κ3) is 1.60. The van der Waals surface area contributed by atoms with E-state index >= 15 is 0 Å². The molecule has 0 saturated heterocycles. The molecule has 4 heteroatoms. The summed E-state index contributed by atoms with van der Waals surface area (Å²) in [6.45, 7) is 0.0184. The minimum Gasteiger partial charge on any atom is -0.496 e. The Labute approximate surface area is 75.5 Å². The summed E-state index contributed by atoms with van der Waals surface area (Å²) in [6, 6.07) is 4.64. The van der Waals surface area contributed by atoms with Crippen LogP contribution < -0.4 is 10.5 Å². The van der Waals surface area contributed by atoms with E-state index in [0.29, 0.717) is 5.75 Å². The number of halogens is 1. The van der Waals surface area contributed by atoms with Gasteiger partial charge in [-0.15, -0.1) is 0 Å². The third-order valence-electron chi connectivity index (χ3n) is 1.74. The van der Waals surface area contributed by atoms with Gasteiger partial charge in [0.25, 0.3) is 0 Å². The van der Waals surface area contributed by atoms with Crippen molar-refractivity contribution >= 4 is 0 Å².